The van der Waals surface area contributed by atoms with Crippen molar-refractivity contribution in [3.63, 3.8) is 0 Å². The van der Waals surface area contributed by atoms with Gasteiger partial charge in [0.1, 0.15) is 10.7 Å². The van der Waals surface area contributed by atoms with Crippen molar-refractivity contribution in [1.29, 1.82) is 0 Å². The Hall–Kier alpha value is -1.83. The van der Waals surface area contributed by atoms with Crippen molar-refractivity contribution in [1.82, 2.24) is 14.9 Å². The summed E-state index contributed by atoms with van der Waals surface area (Å²) in [5.74, 6) is 0.691. The molecule has 0 saturated carbocycles. The molecule has 2 aromatic rings. The molecular formula is C9H12N4O3S. The molecule has 2 aromatic heterocycles. The van der Waals surface area contributed by atoms with Gasteiger partial charge in [-0.3, -0.25) is 9.40 Å². The van der Waals surface area contributed by atoms with Crippen molar-refractivity contribution in [2.75, 3.05) is 4.72 Å². The minimum Gasteiger partial charge on any atom is -0.360 e. The van der Waals surface area contributed by atoms with Gasteiger partial charge in [-0.05, 0) is 13.8 Å². The van der Waals surface area contributed by atoms with Crippen LogP contribution in [0.3, 0.4) is 0 Å². The fourth-order valence-corrected chi connectivity index (χ4v) is 2.65. The molecule has 0 fully saturated rings. The maximum Gasteiger partial charge on any atom is 0.266 e. The number of rotatable bonds is 3. The Labute approximate surface area is 98.5 Å². The summed E-state index contributed by atoms with van der Waals surface area (Å²) in [5, 5.41) is 7.55. The fraction of sp³-hybridized carbons (Fsp3) is 0.333. The quantitative estimate of drug-likeness (QED) is 0.878. The van der Waals surface area contributed by atoms with Gasteiger partial charge < -0.3 is 4.52 Å². The van der Waals surface area contributed by atoms with Crippen LogP contribution in [0.1, 0.15) is 11.5 Å². The van der Waals surface area contributed by atoms with Gasteiger partial charge in [0.25, 0.3) is 10.0 Å². The third kappa shape index (κ3) is 2.31. The molecule has 92 valence electrons. The van der Waals surface area contributed by atoms with Crippen LogP contribution >= 0.6 is 0 Å². The van der Waals surface area contributed by atoms with Crippen molar-refractivity contribution in [3.8, 4) is 0 Å². The lowest BCUT2D eigenvalue weighted by atomic mass is 10.5. The highest BCUT2D eigenvalue weighted by molar-refractivity contribution is 7.92. The molecule has 0 unspecified atom stereocenters. The summed E-state index contributed by atoms with van der Waals surface area (Å²) in [6.45, 7) is 3.31. The van der Waals surface area contributed by atoms with Crippen LogP contribution < -0.4 is 4.72 Å². The highest BCUT2D eigenvalue weighted by atomic mass is 32.2. The lowest BCUT2D eigenvalue weighted by Crippen LogP contribution is -2.13. The molecule has 7 nitrogen and oxygen atoms in total. The molecule has 0 aliphatic rings. The van der Waals surface area contributed by atoms with E-state index < -0.39 is 10.0 Å². The maximum atomic E-state index is 12.0. The Kier molecular flexibility index (Phi) is 2.66. The predicted molar refractivity (Wildman–Crippen MR) is 60.0 cm³/mol. The van der Waals surface area contributed by atoms with Gasteiger partial charge in [0.15, 0.2) is 5.82 Å². The molecular weight excluding hydrogens is 244 g/mol. The zero-order valence-electron chi connectivity index (χ0n) is 9.63. The third-order valence-electron chi connectivity index (χ3n) is 2.12. The molecule has 0 saturated heterocycles. The van der Waals surface area contributed by atoms with Crippen LogP contribution in [-0.2, 0) is 17.1 Å². The van der Waals surface area contributed by atoms with E-state index in [-0.39, 0.29) is 10.7 Å². The number of hydrogen-bond donors (Lipinski definition) is 1. The van der Waals surface area contributed by atoms with Gasteiger partial charge in [0.05, 0.1) is 5.69 Å². The van der Waals surface area contributed by atoms with Crippen LogP contribution in [0.4, 0.5) is 5.82 Å². The number of aryl methyl sites for hydroxylation is 3. The Balaban J connectivity index is 2.34. The molecule has 0 amide bonds. The molecule has 0 atom stereocenters. The number of hydrogen-bond acceptors (Lipinski definition) is 5. The van der Waals surface area contributed by atoms with Gasteiger partial charge in [0, 0.05) is 19.3 Å². The number of sulfonamides is 1. The molecule has 0 aliphatic heterocycles. The van der Waals surface area contributed by atoms with E-state index in [1.165, 1.54) is 16.9 Å². The molecule has 0 aromatic carbocycles. The number of nitrogens with one attached hydrogen (secondary N) is 1. The summed E-state index contributed by atoms with van der Waals surface area (Å²) >= 11 is 0. The van der Waals surface area contributed by atoms with Crippen LogP contribution in [-0.4, -0.2) is 23.4 Å². The second kappa shape index (κ2) is 3.88. The molecule has 0 aliphatic carbocycles. The van der Waals surface area contributed by atoms with E-state index in [1.807, 2.05) is 0 Å². The van der Waals surface area contributed by atoms with Crippen molar-refractivity contribution in [2.24, 2.45) is 7.05 Å². The topological polar surface area (TPSA) is 90.0 Å². The van der Waals surface area contributed by atoms with E-state index in [2.05, 4.69) is 15.0 Å². The molecule has 0 spiro atoms. The predicted octanol–water partition coefficient (Wildman–Crippen LogP) is 0.826. The summed E-state index contributed by atoms with van der Waals surface area (Å²) in [6, 6.07) is 1.50. The molecule has 1 N–H and O–H groups in total. The lowest BCUT2D eigenvalue weighted by molar-refractivity contribution is 0.400. The average molecular weight is 256 g/mol. The summed E-state index contributed by atoms with van der Waals surface area (Å²) in [6.07, 6.45) is 1.44. The Morgan fingerprint density at radius 1 is 1.41 bits per heavy atom. The smallest absolute Gasteiger partial charge is 0.266 e. The van der Waals surface area contributed by atoms with E-state index in [0.717, 1.165) is 0 Å². The largest absolute Gasteiger partial charge is 0.360 e. The molecule has 8 heteroatoms. The van der Waals surface area contributed by atoms with E-state index in [9.17, 15) is 8.42 Å². The SMILES string of the molecule is Cc1cc(NS(=O)(=O)c2cn(C)nc2C)no1. The van der Waals surface area contributed by atoms with Gasteiger partial charge in [-0.15, -0.1) is 0 Å². The van der Waals surface area contributed by atoms with E-state index in [0.29, 0.717) is 11.5 Å². The third-order valence-corrected chi connectivity index (χ3v) is 3.58. The monoisotopic (exact) mass is 256 g/mol. The molecule has 0 radical (unpaired) electrons. The first kappa shape index (κ1) is 11.6. The Bertz CT molecular complexity index is 641. The molecule has 17 heavy (non-hydrogen) atoms. The van der Waals surface area contributed by atoms with Crippen LogP contribution in [0.5, 0.6) is 0 Å². The Morgan fingerprint density at radius 2 is 2.12 bits per heavy atom. The summed E-state index contributed by atoms with van der Waals surface area (Å²) in [4.78, 5) is 0.126. The standard InChI is InChI=1S/C9H12N4O3S/c1-6-4-9(11-16-6)12-17(14,15)8-5-13(3)10-7(8)2/h4-5H,1-3H3,(H,11,12). The van der Waals surface area contributed by atoms with Crippen LogP contribution in [0, 0.1) is 13.8 Å². The number of nitrogens with zero attached hydrogens (tertiary/aromatic N) is 3. The highest BCUT2D eigenvalue weighted by Crippen LogP contribution is 2.17. The first-order valence-corrected chi connectivity index (χ1v) is 6.33. The van der Waals surface area contributed by atoms with Gasteiger partial charge >= 0.3 is 0 Å². The zero-order chi connectivity index (χ0) is 12.6. The van der Waals surface area contributed by atoms with E-state index in [4.69, 9.17) is 4.52 Å². The normalized spacial score (nSPS) is 11.7. The van der Waals surface area contributed by atoms with Gasteiger partial charge in [0.2, 0.25) is 0 Å². The highest BCUT2D eigenvalue weighted by Gasteiger charge is 2.21. The van der Waals surface area contributed by atoms with Crippen molar-refractivity contribution >= 4 is 15.8 Å². The summed E-state index contributed by atoms with van der Waals surface area (Å²) in [5.41, 5.74) is 0.431. The lowest BCUT2D eigenvalue weighted by Gasteiger charge is -2.02. The van der Waals surface area contributed by atoms with Gasteiger partial charge in [-0.25, -0.2) is 8.42 Å². The number of anilines is 1. The van der Waals surface area contributed by atoms with E-state index in [1.54, 1.807) is 20.9 Å². The van der Waals surface area contributed by atoms with Crippen molar-refractivity contribution in [3.05, 3.63) is 23.7 Å². The first-order valence-electron chi connectivity index (χ1n) is 4.85. The van der Waals surface area contributed by atoms with Gasteiger partial charge in [-0.1, -0.05) is 5.16 Å². The second-order valence-corrected chi connectivity index (χ2v) is 5.33. The maximum absolute atomic E-state index is 12.0. The van der Waals surface area contributed by atoms with Crippen LogP contribution in [0.25, 0.3) is 0 Å². The zero-order valence-corrected chi connectivity index (χ0v) is 10.4. The minimum absolute atomic E-state index is 0.126. The number of aromatic nitrogens is 3. The summed E-state index contributed by atoms with van der Waals surface area (Å²) in [7, 11) is -2.01. The first-order chi connectivity index (χ1) is 7.88. The average Bonchev–Trinajstić information content (AvgIpc) is 2.72. The van der Waals surface area contributed by atoms with Gasteiger partial charge in [-0.2, -0.15) is 5.10 Å². The fourth-order valence-electron chi connectivity index (χ4n) is 1.45. The summed E-state index contributed by atoms with van der Waals surface area (Å²) < 4.78 is 32.5. The molecule has 2 heterocycles. The Morgan fingerprint density at radius 3 is 2.59 bits per heavy atom. The van der Waals surface area contributed by atoms with Crippen molar-refractivity contribution in [2.45, 2.75) is 18.7 Å². The second-order valence-electron chi connectivity index (χ2n) is 3.68. The van der Waals surface area contributed by atoms with Crippen molar-refractivity contribution < 1.29 is 12.9 Å². The van der Waals surface area contributed by atoms with Crippen LogP contribution in [0.2, 0.25) is 0 Å². The van der Waals surface area contributed by atoms with Crippen LogP contribution in [0.15, 0.2) is 21.7 Å². The molecule has 2 rings (SSSR count). The van der Waals surface area contributed by atoms with E-state index >= 15 is 0 Å². The molecule has 0 bridgehead atoms. The minimum atomic E-state index is -3.67.